The molecule has 2 aliphatic rings. The molecule has 1 saturated heterocycles. The summed E-state index contributed by atoms with van der Waals surface area (Å²) in [5, 5.41) is 4.02. The summed E-state index contributed by atoms with van der Waals surface area (Å²) >= 11 is 4.12. The molecule has 1 atom stereocenters. The fraction of sp³-hybridized carbons (Fsp3) is 0.519. The van der Waals surface area contributed by atoms with E-state index in [4.69, 9.17) is 21.4 Å². The van der Waals surface area contributed by atoms with Crippen molar-refractivity contribution in [2.24, 2.45) is 0 Å². The van der Waals surface area contributed by atoms with Gasteiger partial charge in [0.1, 0.15) is 12.0 Å². The number of aryl methyl sites for hydroxylation is 1. The highest BCUT2D eigenvalue weighted by Crippen LogP contribution is 2.34. The molecule has 3 aromatic heterocycles. The van der Waals surface area contributed by atoms with E-state index in [1.807, 2.05) is 0 Å². The van der Waals surface area contributed by atoms with Crippen molar-refractivity contribution in [2.45, 2.75) is 75.2 Å². The number of rotatable bonds is 6. The van der Waals surface area contributed by atoms with Crippen LogP contribution in [-0.4, -0.2) is 81.0 Å². The molecular weight excluding hydrogens is 552 g/mol. The van der Waals surface area contributed by atoms with Crippen LogP contribution in [0.1, 0.15) is 43.6 Å². The number of imidazole rings is 1. The lowest BCUT2D eigenvalue weighted by molar-refractivity contribution is 0.0620. The number of nitrogen functional groups attached to an aromatic ring is 1. The number of hydrogen-bond acceptors (Lipinski definition) is 6. The first kappa shape index (κ1) is 29.8. The molecule has 6 rings (SSSR count). The fourth-order valence-electron chi connectivity index (χ4n) is 5.61. The lowest BCUT2D eigenvalue weighted by Crippen LogP contribution is -2.46. The van der Waals surface area contributed by atoms with E-state index in [0.29, 0.717) is 40.2 Å². The lowest BCUT2D eigenvalue weighted by Gasteiger charge is -2.40. The van der Waals surface area contributed by atoms with E-state index in [2.05, 4.69) is 32.6 Å². The maximum Gasteiger partial charge on any atom is 0.256 e. The first-order valence-corrected chi connectivity index (χ1v) is 14.1. The summed E-state index contributed by atoms with van der Waals surface area (Å²) < 4.78 is 55.2. The average molecular weight is 583 g/mol. The van der Waals surface area contributed by atoms with E-state index in [0.717, 1.165) is 31.6 Å². The number of alkyl halides is 3. The summed E-state index contributed by atoms with van der Waals surface area (Å²) in [5.74, 6) is -0.240. The van der Waals surface area contributed by atoms with Crippen LogP contribution in [0.3, 0.4) is 0 Å². The summed E-state index contributed by atoms with van der Waals surface area (Å²) in [6, 6.07) is 5.65. The van der Waals surface area contributed by atoms with Crippen molar-refractivity contribution >= 4 is 50.8 Å². The van der Waals surface area contributed by atoms with E-state index in [-0.39, 0.29) is 17.9 Å². The van der Waals surface area contributed by atoms with Crippen LogP contribution in [0.25, 0.3) is 27.7 Å². The van der Waals surface area contributed by atoms with Crippen LogP contribution in [-0.2, 0) is 13.0 Å². The highest BCUT2D eigenvalue weighted by atomic mass is 32.1. The van der Waals surface area contributed by atoms with Crippen LogP contribution < -0.4 is 5.73 Å². The van der Waals surface area contributed by atoms with Gasteiger partial charge in [0.2, 0.25) is 5.95 Å². The Balaban J connectivity index is 0.000000255. The zero-order valence-electron chi connectivity index (χ0n) is 22.8. The molecule has 4 heterocycles. The van der Waals surface area contributed by atoms with Gasteiger partial charge in [0.15, 0.2) is 5.82 Å². The Labute approximate surface area is 244 Å². The molecule has 1 unspecified atom stereocenters. The SMILES string of the molecule is FC1CCCN(C2CCC2)C1.[B]C([B])(S)Cc1nc(N)nn2cc(F)c(-c3ccc4nc(C)n(CC(F)F)c4c3)c12. The third kappa shape index (κ3) is 6.69. The molecular formula is C27H31B2F4N7S. The maximum atomic E-state index is 15.0. The normalized spacial score (nSPS) is 18.6. The van der Waals surface area contributed by atoms with Crippen LogP contribution in [0.15, 0.2) is 24.4 Å². The molecule has 14 heteroatoms. The second kappa shape index (κ2) is 11.9. The number of anilines is 1. The van der Waals surface area contributed by atoms with E-state index >= 15 is 0 Å². The summed E-state index contributed by atoms with van der Waals surface area (Å²) in [4.78, 5) is 10.8. The Kier molecular flexibility index (Phi) is 8.61. The van der Waals surface area contributed by atoms with E-state index in [9.17, 15) is 17.6 Å². The Morgan fingerprint density at radius 1 is 1.17 bits per heavy atom. The molecule has 41 heavy (non-hydrogen) atoms. The molecule has 1 saturated carbocycles. The van der Waals surface area contributed by atoms with Gasteiger partial charge in [-0.2, -0.15) is 12.6 Å². The smallest absolute Gasteiger partial charge is 0.256 e. The zero-order valence-corrected chi connectivity index (χ0v) is 23.7. The van der Waals surface area contributed by atoms with Gasteiger partial charge in [0.05, 0.1) is 50.7 Å². The molecule has 1 aromatic carbocycles. The molecule has 2 fully saturated rings. The minimum absolute atomic E-state index is 0.0204. The van der Waals surface area contributed by atoms with Crippen molar-refractivity contribution in [3.05, 3.63) is 41.7 Å². The number of halogens is 4. The van der Waals surface area contributed by atoms with E-state index in [1.54, 1.807) is 25.1 Å². The van der Waals surface area contributed by atoms with Gasteiger partial charge in [-0.3, -0.25) is 4.90 Å². The third-order valence-corrected chi connectivity index (χ3v) is 7.82. The molecule has 0 bridgehead atoms. The average Bonchev–Trinajstić information content (AvgIpc) is 3.32. The summed E-state index contributed by atoms with van der Waals surface area (Å²) in [6.07, 6.45) is 3.89. The van der Waals surface area contributed by atoms with Crippen molar-refractivity contribution in [2.75, 3.05) is 18.8 Å². The number of thiol groups is 1. The van der Waals surface area contributed by atoms with Gasteiger partial charge in [-0.15, -0.1) is 5.10 Å². The standard InChI is InChI=1S/C18H15B2F3N6S.C9H16FN/c1-8-25-11-3-2-9(4-13(11)28(8)7-14(22)23)15-10(21)6-29-16(15)12(5-18(19,20)30)26-17(24)27-29;10-8-3-2-6-11(7-8)9-4-1-5-9/h2-4,6,14,30H,5,7H2,1H3,(H2,24,27);8-9H,1-7H2. The van der Waals surface area contributed by atoms with Gasteiger partial charge in [0.25, 0.3) is 6.43 Å². The topological polar surface area (TPSA) is 77.3 Å². The number of hydrogen-bond donors (Lipinski definition) is 2. The first-order chi connectivity index (χ1) is 19.4. The predicted molar refractivity (Wildman–Crippen MR) is 157 cm³/mol. The van der Waals surface area contributed by atoms with E-state index in [1.165, 1.54) is 28.3 Å². The fourth-order valence-corrected chi connectivity index (χ4v) is 5.76. The molecule has 1 aliphatic carbocycles. The monoisotopic (exact) mass is 583 g/mol. The minimum atomic E-state index is -2.56. The van der Waals surface area contributed by atoms with Crippen molar-refractivity contribution in [1.82, 2.24) is 29.0 Å². The summed E-state index contributed by atoms with van der Waals surface area (Å²) in [6.45, 7) is 2.98. The quantitative estimate of drug-likeness (QED) is 0.199. The second-order valence-electron chi connectivity index (χ2n) is 10.9. The molecule has 0 amide bonds. The number of likely N-dealkylation sites (tertiary alicyclic amines) is 1. The largest absolute Gasteiger partial charge is 0.367 e. The minimum Gasteiger partial charge on any atom is -0.367 e. The maximum absolute atomic E-state index is 15.0. The van der Waals surface area contributed by atoms with Crippen LogP contribution in [0.5, 0.6) is 0 Å². The number of nitrogens with zero attached hydrogens (tertiary/aromatic N) is 6. The van der Waals surface area contributed by atoms with Crippen LogP contribution in [0.4, 0.5) is 23.5 Å². The number of piperidine rings is 1. The molecule has 4 aromatic rings. The predicted octanol–water partition coefficient (Wildman–Crippen LogP) is 4.48. The molecule has 2 N–H and O–H groups in total. The molecule has 1 aliphatic heterocycles. The number of benzene rings is 1. The lowest BCUT2D eigenvalue weighted by atomic mass is 9.67. The van der Waals surface area contributed by atoms with Crippen molar-refractivity contribution < 1.29 is 17.6 Å². The number of aromatic nitrogens is 5. The van der Waals surface area contributed by atoms with Gasteiger partial charge < -0.3 is 10.3 Å². The first-order valence-electron chi connectivity index (χ1n) is 13.7. The molecule has 214 valence electrons. The van der Waals surface area contributed by atoms with Crippen molar-refractivity contribution in [3.8, 4) is 11.1 Å². The number of fused-ring (bicyclic) bond motifs is 2. The van der Waals surface area contributed by atoms with Crippen LogP contribution >= 0.6 is 12.6 Å². The zero-order chi connectivity index (χ0) is 29.5. The van der Waals surface area contributed by atoms with Crippen LogP contribution in [0, 0.1) is 12.7 Å². The van der Waals surface area contributed by atoms with Crippen LogP contribution in [0.2, 0.25) is 0 Å². The Morgan fingerprint density at radius 2 is 1.93 bits per heavy atom. The highest BCUT2D eigenvalue weighted by molar-refractivity contribution is 7.84. The second-order valence-corrected chi connectivity index (χ2v) is 11.7. The number of nitrogens with two attached hydrogens (primary N) is 1. The third-order valence-electron chi connectivity index (χ3n) is 7.66. The Hall–Kier alpha value is -2.73. The molecule has 7 nitrogen and oxygen atoms in total. The van der Waals surface area contributed by atoms with Crippen molar-refractivity contribution in [3.63, 3.8) is 0 Å². The van der Waals surface area contributed by atoms with Gasteiger partial charge in [-0.1, -0.05) is 17.0 Å². The molecule has 0 spiro atoms. The molecule has 4 radical (unpaired) electrons. The Morgan fingerprint density at radius 3 is 2.56 bits per heavy atom. The Bertz CT molecular complexity index is 1530. The van der Waals surface area contributed by atoms with Gasteiger partial charge in [-0.25, -0.2) is 32.0 Å². The summed E-state index contributed by atoms with van der Waals surface area (Å²) in [7, 11) is 11.6. The van der Waals surface area contributed by atoms with Gasteiger partial charge in [0, 0.05) is 18.2 Å². The van der Waals surface area contributed by atoms with E-state index < -0.39 is 29.5 Å². The van der Waals surface area contributed by atoms with Gasteiger partial charge in [-0.05, 0) is 63.3 Å². The van der Waals surface area contributed by atoms with Gasteiger partial charge >= 0.3 is 0 Å². The summed E-state index contributed by atoms with van der Waals surface area (Å²) in [5.41, 5.74) is 7.95. The highest BCUT2D eigenvalue weighted by Gasteiger charge is 2.29. The van der Waals surface area contributed by atoms with Crippen molar-refractivity contribution in [1.29, 1.82) is 0 Å².